The molecule has 38 heavy (non-hydrogen) atoms. The Labute approximate surface area is 225 Å². The second-order valence-corrected chi connectivity index (χ2v) is 11.7. The molecule has 2 N–H and O–H groups in total. The van der Waals surface area contributed by atoms with Gasteiger partial charge in [-0.1, -0.05) is 32.9 Å². The molecule has 1 amide bonds. The van der Waals surface area contributed by atoms with E-state index in [0.717, 1.165) is 30.4 Å². The first-order chi connectivity index (χ1) is 18.2. The van der Waals surface area contributed by atoms with Crippen LogP contribution in [0.15, 0.2) is 68.6 Å². The van der Waals surface area contributed by atoms with Gasteiger partial charge in [-0.3, -0.25) is 4.79 Å². The number of benzene rings is 1. The van der Waals surface area contributed by atoms with Crippen LogP contribution in [0.1, 0.15) is 69.9 Å². The average molecular weight is 531 g/mol. The number of thiophene rings is 1. The molecule has 0 radical (unpaired) electrons. The number of aromatic carboxylic acids is 1. The van der Waals surface area contributed by atoms with Crippen molar-refractivity contribution in [2.24, 2.45) is 16.3 Å². The molecule has 1 atom stereocenters. The molecule has 0 spiro atoms. The third kappa shape index (κ3) is 5.50. The molecule has 0 saturated heterocycles. The van der Waals surface area contributed by atoms with E-state index in [-0.39, 0.29) is 16.9 Å². The van der Waals surface area contributed by atoms with Crippen molar-refractivity contribution in [3.63, 3.8) is 0 Å². The zero-order valence-electron chi connectivity index (χ0n) is 21.6. The summed E-state index contributed by atoms with van der Waals surface area (Å²) >= 11 is 1.58. The Morgan fingerprint density at radius 1 is 1.16 bits per heavy atom. The summed E-state index contributed by atoms with van der Waals surface area (Å²) in [4.78, 5) is 30.4. The Morgan fingerprint density at radius 2 is 1.95 bits per heavy atom. The number of carboxylic acids is 1. The lowest BCUT2D eigenvalue weighted by Crippen LogP contribution is -2.28. The van der Waals surface area contributed by atoms with E-state index < -0.39 is 5.97 Å². The topological polar surface area (TPSA) is 105 Å². The van der Waals surface area contributed by atoms with Crippen LogP contribution in [-0.2, 0) is 19.4 Å². The van der Waals surface area contributed by atoms with E-state index in [2.05, 4.69) is 26.1 Å². The monoisotopic (exact) mass is 530 g/mol. The van der Waals surface area contributed by atoms with Crippen LogP contribution in [0.5, 0.6) is 0 Å². The van der Waals surface area contributed by atoms with Crippen molar-refractivity contribution in [3.8, 4) is 11.3 Å². The van der Waals surface area contributed by atoms with Crippen LogP contribution in [0, 0.1) is 11.3 Å². The molecular formula is C30H30N2O5S. The number of amides is 1. The Morgan fingerprint density at radius 3 is 2.63 bits per heavy atom. The summed E-state index contributed by atoms with van der Waals surface area (Å²) in [6.07, 6.45) is 6.06. The van der Waals surface area contributed by atoms with E-state index >= 15 is 0 Å². The van der Waals surface area contributed by atoms with Crippen LogP contribution in [0.25, 0.3) is 11.3 Å². The van der Waals surface area contributed by atoms with Crippen LogP contribution in [0.4, 0.5) is 5.00 Å². The van der Waals surface area contributed by atoms with Gasteiger partial charge in [-0.15, -0.1) is 11.3 Å². The zero-order chi connectivity index (χ0) is 26.9. The van der Waals surface area contributed by atoms with Gasteiger partial charge in [-0.2, -0.15) is 0 Å². The quantitative estimate of drug-likeness (QED) is 0.247. The van der Waals surface area contributed by atoms with Gasteiger partial charge in [0.1, 0.15) is 22.3 Å². The summed E-state index contributed by atoms with van der Waals surface area (Å²) in [6.45, 7) is 7.13. The fourth-order valence-corrected chi connectivity index (χ4v) is 6.05. The molecular weight excluding hydrogens is 500 g/mol. The average Bonchev–Trinajstić information content (AvgIpc) is 3.65. The van der Waals surface area contributed by atoms with Gasteiger partial charge in [-0.25, -0.2) is 9.79 Å². The zero-order valence-corrected chi connectivity index (χ0v) is 22.4. The molecule has 7 nitrogen and oxygen atoms in total. The van der Waals surface area contributed by atoms with E-state index in [1.54, 1.807) is 54.1 Å². The highest BCUT2D eigenvalue weighted by Gasteiger charge is 2.33. The molecule has 1 aliphatic carbocycles. The Bertz CT molecular complexity index is 1470. The Kier molecular flexibility index (Phi) is 7.08. The van der Waals surface area contributed by atoms with Gasteiger partial charge in [0, 0.05) is 10.4 Å². The summed E-state index contributed by atoms with van der Waals surface area (Å²) in [5, 5.41) is 12.8. The number of fused-ring (bicyclic) bond motifs is 1. The van der Waals surface area contributed by atoms with Crippen molar-refractivity contribution in [1.29, 1.82) is 0 Å². The third-order valence-corrected chi connectivity index (χ3v) is 8.22. The molecule has 0 fully saturated rings. The summed E-state index contributed by atoms with van der Waals surface area (Å²) in [6, 6.07) is 13.8. The lowest BCUT2D eigenvalue weighted by Gasteiger charge is -2.33. The van der Waals surface area contributed by atoms with Crippen molar-refractivity contribution in [2.75, 3.05) is 0 Å². The first-order valence-electron chi connectivity index (χ1n) is 12.6. The largest absolute Gasteiger partial charge is 0.478 e. The lowest BCUT2D eigenvalue weighted by atomic mass is 9.72. The minimum atomic E-state index is -0.972. The molecule has 4 aromatic rings. The third-order valence-electron chi connectivity index (χ3n) is 7.05. The summed E-state index contributed by atoms with van der Waals surface area (Å²) in [7, 11) is 0. The molecule has 0 unspecified atom stereocenters. The highest BCUT2D eigenvalue weighted by Crippen LogP contribution is 2.45. The molecule has 0 aliphatic heterocycles. The normalized spacial score (nSPS) is 15.5. The van der Waals surface area contributed by atoms with Gasteiger partial charge in [0.05, 0.1) is 30.1 Å². The number of carbonyl (C=O) groups excluding carboxylic acids is 1. The number of carbonyl (C=O) groups is 2. The second kappa shape index (κ2) is 10.5. The Hall–Kier alpha value is -3.91. The minimum absolute atomic E-state index is 0.154. The van der Waals surface area contributed by atoms with E-state index in [0.29, 0.717) is 40.3 Å². The number of carboxylic acid groups (broad SMARTS) is 1. The number of aliphatic imine (C=N–C) groups is 1. The van der Waals surface area contributed by atoms with Gasteiger partial charge in [0.25, 0.3) is 5.91 Å². The molecule has 3 heterocycles. The SMILES string of the molecule is CC(C)(C)[C@@H]1CCc2c(sc(N=Cc3ccc(-c4ccc(C(=O)O)cc4)o3)c2C(=O)NCc2ccco2)C1. The van der Waals surface area contributed by atoms with Crippen molar-refractivity contribution >= 4 is 34.4 Å². The number of hydrogen-bond donors (Lipinski definition) is 2. The molecule has 8 heteroatoms. The maximum absolute atomic E-state index is 13.4. The maximum atomic E-state index is 13.4. The van der Waals surface area contributed by atoms with E-state index in [1.807, 2.05) is 18.2 Å². The van der Waals surface area contributed by atoms with Crippen molar-refractivity contribution in [1.82, 2.24) is 5.32 Å². The maximum Gasteiger partial charge on any atom is 0.335 e. The standard InChI is InChI=1S/C30H30N2O5S/c1-30(2,3)20-10-12-23-25(15-20)38-28(26(23)27(33)31-16-21-5-4-14-36-21)32-17-22-11-13-24(37-22)18-6-8-19(9-7-18)29(34)35/h4-9,11,13-14,17,20H,10,12,15-16H2,1-3H3,(H,31,33)(H,34,35)/t20-/m1/s1. The fraction of sp³-hybridized carbons (Fsp3) is 0.300. The first kappa shape index (κ1) is 25.7. The van der Waals surface area contributed by atoms with Crippen molar-refractivity contribution in [2.45, 2.75) is 46.6 Å². The molecule has 3 aromatic heterocycles. The predicted molar refractivity (Wildman–Crippen MR) is 148 cm³/mol. The number of rotatable bonds is 7. The van der Waals surface area contributed by atoms with Crippen LogP contribution < -0.4 is 5.32 Å². The van der Waals surface area contributed by atoms with Crippen molar-refractivity contribution in [3.05, 3.63) is 87.9 Å². The van der Waals surface area contributed by atoms with Crippen LogP contribution in [0.3, 0.4) is 0 Å². The molecule has 1 aromatic carbocycles. The highest BCUT2D eigenvalue weighted by atomic mass is 32.1. The summed E-state index contributed by atoms with van der Waals surface area (Å²) in [5.74, 6) is 1.27. The van der Waals surface area contributed by atoms with E-state index in [9.17, 15) is 9.59 Å². The minimum Gasteiger partial charge on any atom is -0.478 e. The fourth-order valence-electron chi connectivity index (χ4n) is 4.78. The number of nitrogens with zero attached hydrogens (tertiary/aromatic N) is 1. The van der Waals surface area contributed by atoms with Gasteiger partial charge in [0.2, 0.25) is 0 Å². The van der Waals surface area contributed by atoms with Gasteiger partial charge in [0.15, 0.2) is 0 Å². The molecule has 196 valence electrons. The highest BCUT2D eigenvalue weighted by molar-refractivity contribution is 7.16. The molecule has 5 rings (SSSR count). The Balaban J connectivity index is 1.41. The molecule has 1 aliphatic rings. The predicted octanol–water partition coefficient (Wildman–Crippen LogP) is 7.13. The smallest absolute Gasteiger partial charge is 0.335 e. The van der Waals surface area contributed by atoms with Gasteiger partial charge in [-0.05, 0) is 72.6 Å². The lowest BCUT2D eigenvalue weighted by molar-refractivity contribution is 0.0696. The number of hydrogen-bond acceptors (Lipinski definition) is 6. The second-order valence-electron chi connectivity index (χ2n) is 10.6. The van der Waals surface area contributed by atoms with Crippen LogP contribution in [-0.4, -0.2) is 23.2 Å². The van der Waals surface area contributed by atoms with E-state index in [4.69, 9.17) is 18.9 Å². The van der Waals surface area contributed by atoms with Crippen LogP contribution >= 0.6 is 11.3 Å². The van der Waals surface area contributed by atoms with E-state index in [1.165, 1.54) is 4.88 Å². The van der Waals surface area contributed by atoms with Crippen molar-refractivity contribution < 1.29 is 23.5 Å². The first-order valence-corrected chi connectivity index (χ1v) is 13.4. The number of nitrogens with one attached hydrogen (secondary N) is 1. The summed E-state index contributed by atoms with van der Waals surface area (Å²) < 4.78 is 11.3. The van der Waals surface area contributed by atoms with Gasteiger partial charge >= 0.3 is 5.97 Å². The number of furan rings is 2. The van der Waals surface area contributed by atoms with Crippen LogP contribution in [0.2, 0.25) is 0 Å². The molecule has 0 bridgehead atoms. The molecule has 0 saturated carbocycles. The summed E-state index contributed by atoms with van der Waals surface area (Å²) in [5.41, 5.74) is 2.91. The van der Waals surface area contributed by atoms with Gasteiger partial charge < -0.3 is 19.3 Å².